The summed E-state index contributed by atoms with van der Waals surface area (Å²) in [5, 5.41) is 15.3. The van der Waals surface area contributed by atoms with Crippen LogP contribution in [-0.4, -0.2) is 17.7 Å². The van der Waals surface area contributed by atoms with E-state index in [1.54, 1.807) is 6.07 Å². The van der Waals surface area contributed by atoms with Gasteiger partial charge in [0.25, 0.3) is 0 Å². The van der Waals surface area contributed by atoms with Crippen LogP contribution >= 0.6 is 27.5 Å². The number of rotatable bonds is 4. The number of carbonyl (C=O) groups excluding carboxylic acids is 1. The quantitative estimate of drug-likeness (QED) is 0.708. The van der Waals surface area contributed by atoms with E-state index in [1.807, 2.05) is 24.3 Å². The number of aromatic hydroxyl groups is 1. The Hall–Kier alpha value is -1.72. The summed E-state index contributed by atoms with van der Waals surface area (Å²) in [6.45, 7) is 0.482. The van der Waals surface area contributed by atoms with Crippen LogP contribution < -0.4 is 10.6 Å². The van der Waals surface area contributed by atoms with E-state index in [0.717, 1.165) is 10.0 Å². The van der Waals surface area contributed by atoms with Crippen LogP contribution in [0.15, 0.2) is 46.9 Å². The second-order valence-corrected chi connectivity index (χ2v) is 5.67. The maximum absolute atomic E-state index is 11.8. The van der Waals surface area contributed by atoms with Crippen molar-refractivity contribution < 1.29 is 9.90 Å². The summed E-state index contributed by atoms with van der Waals surface area (Å²) in [6, 6.07) is 11.9. The highest BCUT2D eigenvalue weighted by Crippen LogP contribution is 2.26. The van der Waals surface area contributed by atoms with Gasteiger partial charge in [-0.1, -0.05) is 45.7 Å². The van der Waals surface area contributed by atoms with Gasteiger partial charge in [-0.2, -0.15) is 0 Å². The average Bonchev–Trinajstić information content (AvgIpc) is 2.45. The van der Waals surface area contributed by atoms with Gasteiger partial charge in [-0.3, -0.25) is 0 Å². The van der Waals surface area contributed by atoms with Gasteiger partial charge in [-0.25, -0.2) is 4.79 Å². The molecule has 110 valence electrons. The zero-order valence-electron chi connectivity index (χ0n) is 11.1. The molecule has 2 amide bonds. The normalized spacial score (nSPS) is 10.2. The van der Waals surface area contributed by atoms with Gasteiger partial charge in [0.2, 0.25) is 0 Å². The van der Waals surface area contributed by atoms with Crippen molar-refractivity contribution in [2.24, 2.45) is 0 Å². The molecule has 0 bridgehead atoms. The number of hydrogen-bond donors (Lipinski definition) is 3. The summed E-state index contributed by atoms with van der Waals surface area (Å²) in [5.41, 5.74) is 1.39. The number of hydrogen-bond acceptors (Lipinski definition) is 2. The fourth-order valence-electron chi connectivity index (χ4n) is 1.79. The first-order chi connectivity index (χ1) is 10.1. The Labute approximate surface area is 136 Å². The number of urea groups is 1. The highest BCUT2D eigenvalue weighted by atomic mass is 79.9. The molecule has 0 heterocycles. The third kappa shape index (κ3) is 4.65. The first-order valence-electron chi connectivity index (χ1n) is 6.33. The number of phenols is 1. The van der Waals surface area contributed by atoms with Crippen molar-refractivity contribution in [1.82, 2.24) is 5.32 Å². The molecule has 2 aromatic carbocycles. The largest absolute Gasteiger partial charge is 0.506 e. The van der Waals surface area contributed by atoms with Crippen LogP contribution in [-0.2, 0) is 6.42 Å². The highest BCUT2D eigenvalue weighted by Gasteiger charge is 2.07. The summed E-state index contributed by atoms with van der Waals surface area (Å²) < 4.78 is 1.01. The number of benzene rings is 2. The number of nitrogens with one attached hydrogen (secondary N) is 2. The van der Waals surface area contributed by atoms with E-state index in [9.17, 15) is 9.90 Å². The van der Waals surface area contributed by atoms with Crippen molar-refractivity contribution in [2.75, 3.05) is 11.9 Å². The number of halogens is 2. The summed E-state index contributed by atoms with van der Waals surface area (Å²) in [7, 11) is 0. The molecule has 0 unspecified atom stereocenters. The molecule has 0 spiro atoms. The van der Waals surface area contributed by atoms with Gasteiger partial charge in [0.05, 0.1) is 5.69 Å². The zero-order valence-corrected chi connectivity index (χ0v) is 13.4. The maximum Gasteiger partial charge on any atom is 0.319 e. The van der Waals surface area contributed by atoms with E-state index in [-0.39, 0.29) is 17.5 Å². The van der Waals surface area contributed by atoms with E-state index < -0.39 is 0 Å². The molecule has 0 aromatic heterocycles. The molecule has 3 N–H and O–H groups in total. The predicted molar refractivity (Wildman–Crippen MR) is 88.0 cm³/mol. The predicted octanol–water partition coefficient (Wildman–Crippen LogP) is 4.17. The molecule has 0 saturated carbocycles. The molecule has 21 heavy (non-hydrogen) atoms. The molecule has 0 atom stereocenters. The van der Waals surface area contributed by atoms with Crippen LogP contribution in [0.4, 0.5) is 10.5 Å². The van der Waals surface area contributed by atoms with Crippen LogP contribution in [0.3, 0.4) is 0 Å². The third-order valence-electron chi connectivity index (χ3n) is 2.84. The lowest BCUT2D eigenvalue weighted by Gasteiger charge is -2.10. The van der Waals surface area contributed by atoms with Crippen molar-refractivity contribution in [3.8, 4) is 5.75 Å². The maximum atomic E-state index is 11.8. The van der Waals surface area contributed by atoms with Crippen LogP contribution in [0.1, 0.15) is 5.56 Å². The van der Waals surface area contributed by atoms with E-state index in [4.69, 9.17) is 11.6 Å². The zero-order chi connectivity index (χ0) is 15.2. The standard InChI is InChI=1S/C15H14BrClN2O2/c16-12-4-2-1-3-10(12)7-8-18-15(21)19-13-9-11(17)5-6-14(13)20/h1-6,9,20H,7-8H2,(H2,18,19,21). The minimum Gasteiger partial charge on any atom is -0.506 e. The Bertz CT molecular complexity index is 649. The molecule has 0 saturated heterocycles. The summed E-state index contributed by atoms with van der Waals surface area (Å²) in [6.07, 6.45) is 0.705. The van der Waals surface area contributed by atoms with Gasteiger partial charge in [-0.05, 0) is 36.2 Å². The first kappa shape index (κ1) is 15.7. The van der Waals surface area contributed by atoms with Gasteiger partial charge in [0.1, 0.15) is 5.75 Å². The number of amides is 2. The molecule has 2 aromatic rings. The number of anilines is 1. The fourth-order valence-corrected chi connectivity index (χ4v) is 2.44. The molecular weight excluding hydrogens is 356 g/mol. The van der Waals surface area contributed by atoms with E-state index >= 15 is 0 Å². The Morgan fingerprint density at radius 2 is 2.00 bits per heavy atom. The molecule has 6 heteroatoms. The molecule has 0 aliphatic rings. The van der Waals surface area contributed by atoms with Crippen molar-refractivity contribution in [3.05, 3.63) is 57.5 Å². The summed E-state index contributed by atoms with van der Waals surface area (Å²) in [5.74, 6) is -0.0275. The fraction of sp³-hybridized carbons (Fsp3) is 0.133. The number of phenolic OH excluding ortho intramolecular Hbond substituents is 1. The Morgan fingerprint density at radius 1 is 1.24 bits per heavy atom. The molecule has 2 rings (SSSR count). The third-order valence-corrected chi connectivity index (χ3v) is 3.85. The van der Waals surface area contributed by atoms with Gasteiger partial charge >= 0.3 is 6.03 Å². The topological polar surface area (TPSA) is 61.4 Å². The van der Waals surface area contributed by atoms with E-state index in [0.29, 0.717) is 18.0 Å². The average molecular weight is 370 g/mol. The van der Waals surface area contributed by atoms with Crippen LogP contribution in [0.2, 0.25) is 5.02 Å². The molecule has 0 aliphatic heterocycles. The van der Waals surface area contributed by atoms with Crippen molar-refractivity contribution in [1.29, 1.82) is 0 Å². The molecule has 4 nitrogen and oxygen atoms in total. The lowest BCUT2D eigenvalue weighted by Crippen LogP contribution is -2.30. The number of carbonyl (C=O) groups is 1. The van der Waals surface area contributed by atoms with Gasteiger partial charge in [0, 0.05) is 16.0 Å². The van der Waals surface area contributed by atoms with Gasteiger partial charge in [-0.15, -0.1) is 0 Å². The smallest absolute Gasteiger partial charge is 0.319 e. The van der Waals surface area contributed by atoms with Crippen LogP contribution in [0.25, 0.3) is 0 Å². The lowest BCUT2D eigenvalue weighted by molar-refractivity contribution is 0.252. The molecular formula is C15H14BrClN2O2. The summed E-state index contributed by atoms with van der Waals surface area (Å²) >= 11 is 9.27. The second-order valence-electron chi connectivity index (χ2n) is 4.38. The minimum absolute atomic E-state index is 0.0275. The highest BCUT2D eigenvalue weighted by molar-refractivity contribution is 9.10. The Kier molecular flexibility index (Phi) is 5.47. The summed E-state index contributed by atoms with van der Waals surface area (Å²) in [4.78, 5) is 11.8. The van der Waals surface area contributed by atoms with Crippen LogP contribution in [0, 0.1) is 0 Å². The minimum atomic E-state index is -0.389. The Balaban J connectivity index is 1.85. The van der Waals surface area contributed by atoms with Gasteiger partial charge in [0.15, 0.2) is 0 Å². The van der Waals surface area contributed by atoms with Crippen molar-refractivity contribution >= 4 is 39.2 Å². The van der Waals surface area contributed by atoms with Crippen LogP contribution in [0.5, 0.6) is 5.75 Å². The monoisotopic (exact) mass is 368 g/mol. The van der Waals surface area contributed by atoms with Crippen molar-refractivity contribution in [3.63, 3.8) is 0 Å². The molecule has 0 aliphatic carbocycles. The molecule has 0 fully saturated rings. The van der Waals surface area contributed by atoms with E-state index in [2.05, 4.69) is 26.6 Å². The van der Waals surface area contributed by atoms with Crippen molar-refractivity contribution in [2.45, 2.75) is 6.42 Å². The second kappa shape index (κ2) is 7.33. The first-order valence-corrected chi connectivity index (χ1v) is 7.50. The van der Waals surface area contributed by atoms with E-state index in [1.165, 1.54) is 12.1 Å². The molecule has 0 radical (unpaired) electrons. The Morgan fingerprint density at radius 3 is 2.76 bits per heavy atom. The SMILES string of the molecule is O=C(NCCc1ccccc1Br)Nc1cc(Cl)ccc1O. The van der Waals surface area contributed by atoms with Gasteiger partial charge < -0.3 is 15.7 Å². The lowest BCUT2D eigenvalue weighted by atomic mass is 10.1.